The van der Waals surface area contributed by atoms with Crippen molar-refractivity contribution in [2.75, 3.05) is 13.1 Å². The zero-order valence-corrected chi connectivity index (χ0v) is 15.5. The molecule has 28 heavy (non-hydrogen) atoms. The fraction of sp³-hybridized carbons (Fsp3) is 0.350. The van der Waals surface area contributed by atoms with Crippen LogP contribution in [0.3, 0.4) is 0 Å². The largest absolute Gasteiger partial charge is 0.353 e. The van der Waals surface area contributed by atoms with Crippen molar-refractivity contribution in [3.63, 3.8) is 0 Å². The number of benzene rings is 1. The third-order valence-corrected chi connectivity index (χ3v) is 4.80. The van der Waals surface area contributed by atoms with Crippen molar-refractivity contribution in [1.82, 2.24) is 20.5 Å². The monoisotopic (exact) mass is 388 g/mol. The average molecular weight is 388 g/mol. The van der Waals surface area contributed by atoms with Crippen LogP contribution in [0.4, 0.5) is 8.78 Å². The standard InChI is InChI=1S/C20H22F2N4O2/c1-13-4-3-7-23-16(13)11-25-18(27)10-17-20(28)24-8-9-26(17)12-14-5-2-6-15(21)19(14)22/h2-7,17H,8-12H2,1H3,(H,24,28)(H,25,27). The number of nitrogens with one attached hydrogen (secondary N) is 2. The molecule has 0 spiro atoms. The summed E-state index contributed by atoms with van der Waals surface area (Å²) >= 11 is 0. The molecule has 8 heteroatoms. The maximum absolute atomic E-state index is 14.0. The summed E-state index contributed by atoms with van der Waals surface area (Å²) in [5.74, 6) is -2.47. The Morgan fingerprint density at radius 2 is 2.14 bits per heavy atom. The van der Waals surface area contributed by atoms with Gasteiger partial charge >= 0.3 is 0 Å². The molecule has 6 nitrogen and oxygen atoms in total. The van der Waals surface area contributed by atoms with Gasteiger partial charge in [0.2, 0.25) is 11.8 Å². The number of pyridine rings is 1. The van der Waals surface area contributed by atoms with E-state index in [9.17, 15) is 18.4 Å². The van der Waals surface area contributed by atoms with Crippen molar-refractivity contribution >= 4 is 11.8 Å². The van der Waals surface area contributed by atoms with E-state index in [1.165, 1.54) is 12.1 Å². The predicted molar refractivity (Wildman–Crippen MR) is 99.0 cm³/mol. The Morgan fingerprint density at radius 3 is 2.93 bits per heavy atom. The molecule has 2 N–H and O–H groups in total. The first-order valence-electron chi connectivity index (χ1n) is 9.07. The van der Waals surface area contributed by atoms with Crippen molar-refractivity contribution in [3.05, 3.63) is 65.0 Å². The Morgan fingerprint density at radius 1 is 1.32 bits per heavy atom. The molecule has 3 rings (SSSR count). The minimum absolute atomic E-state index is 0.0499. The average Bonchev–Trinajstić information content (AvgIpc) is 2.67. The number of piperazine rings is 1. The Balaban J connectivity index is 1.65. The summed E-state index contributed by atoms with van der Waals surface area (Å²) in [5.41, 5.74) is 1.87. The highest BCUT2D eigenvalue weighted by atomic mass is 19.2. The molecule has 1 saturated heterocycles. The fourth-order valence-electron chi connectivity index (χ4n) is 3.20. The van der Waals surface area contributed by atoms with Crippen LogP contribution in [0.2, 0.25) is 0 Å². The van der Waals surface area contributed by atoms with Crippen LogP contribution in [-0.2, 0) is 22.7 Å². The lowest BCUT2D eigenvalue weighted by Gasteiger charge is -2.34. The molecule has 1 aliphatic heterocycles. The van der Waals surface area contributed by atoms with Crippen LogP contribution in [0.1, 0.15) is 23.2 Å². The van der Waals surface area contributed by atoms with Gasteiger partial charge in [0.25, 0.3) is 0 Å². The van der Waals surface area contributed by atoms with Gasteiger partial charge in [-0.2, -0.15) is 0 Å². The lowest BCUT2D eigenvalue weighted by molar-refractivity contribution is -0.134. The predicted octanol–water partition coefficient (Wildman–Crippen LogP) is 1.68. The second-order valence-corrected chi connectivity index (χ2v) is 6.74. The van der Waals surface area contributed by atoms with E-state index in [0.717, 1.165) is 17.3 Å². The SMILES string of the molecule is Cc1cccnc1CNC(=O)CC1C(=O)NCCN1Cc1cccc(F)c1F. The van der Waals surface area contributed by atoms with Gasteiger partial charge in [-0.3, -0.25) is 19.5 Å². The van der Waals surface area contributed by atoms with E-state index in [1.54, 1.807) is 11.1 Å². The number of carbonyl (C=O) groups is 2. The maximum atomic E-state index is 14.0. The normalized spacial score (nSPS) is 17.2. The summed E-state index contributed by atoms with van der Waals surface area (Å²) < 4.78 is 27.5. The van der Waals surface area contributed by atoms with Crippen LogP contribution in [0.25, 0.3) is 0 Å². The third kappa shape index (κ3) is 4.69. The molecule has 0 bridgehead atoms. The van der Waals surface area contributed by atoms with Crippen molar-refractivity contribution in [2.45, 2.75) is 32.5 Å². The number of aryl methyl sites for hydroxylation is 1. The first-order valence-corrected chi connectivity index (χ1v) is 9.07. The molecular weight excluding hydrogens is 366 g/mol. The third-order valence-electron chi connectivity index (χ3n) is 4.80. The maximum Gasteiger partial charge on any atom is 0.237 e. The Labute approximate surface area is 162 Å². The smallest absolute Gasteiger partial charge is 0.237 e. The van der Waals surface area contributed by atoms with Crippen LogP contribution in [-0.4, -0.2) is 40.8 Å². The second-order valence-electron chi connectivity index (χ2n) is 6.74. The number of hydrogen-bond acceptors (Lipinski definition) is 4. The Hall–Kier alpha value is -2.87. The van der Waals surface area contributed by atoms with Crippen LogP contribution in [0.5, 0.6) is 0 Å². The fourth-order valence-corrected chi connectivity index (χ4v) is 3.20. The van der Waals surface area contributed by atoms with E-state index in [4.69, 9.17) is 0 Å². The first-order chi connectivity index (χ1) is 13.5. The molecule has 1 aromatic heterocycles. The van der Waals surface area contributed by atoms with Gasteiger partial charge in [-0.15, -0.1) is 0 Å². The van der Waals surface area contributed by atoms with E-state index < -0.39 is 17.7 Å². The molecule has 148 valence electrons. The summed E-state index contributed by atoms with van der Waals surface area (Å²) in [6.45, 7) is 3.05. The number of carbonyl (C=O) groups excluding carboxylic acids is 2. The number of hydrogen-bond donors (Lipinski definition) is 2. The molecule has 1 aliphatic rings. The van der Waals surface area contributed by atoms with E-state index in [1.807, 2.05) is 19.1 Å². The highest BCUT2D eigenvalue weighted by Gasteiger charge is 2.32. The zero-order valence-electron chi connectivity index (χ0n) is 15.5. The molecule has 1 atom stereocenters. The van der Waals surface area contributed by atoms with Crippen LogP contribution in [0.15, 0.2) is 36.5 Å². The van der Waals surface area contributed by atoms with Crippen molar-refractivity contribution in [1.29, 1.82) is 0 Å². The molecule has 0 saturated carbocycles. The van der Waals surface area contributed by atoms with Crippen molar-refractivity contribution < 1.29 is 18.4 Å². The summed E-state index contributed by atoms with van der Waals surface area (Å²) in [4.78, 5) is 30.6. The zero-order chi connectivity index (χ0) is 20.1. The quantitative estimate of drug-likeness (QED) is 0.790. The first kappa shape index (κ1) is 19.9. The number of nitrogens with zero attached hydrogens (tertiary/aromatic N) is 2. The van der Waals surface area contributed by atoms with Crippen molar-refractivity contribution in [3.8, 4) is 0 Å². The van der Waals surface area contributed by atoms with Gasteiger partial charge in [0.1, 0.15) is 0 Å². The summed E-state index contributed by atoms with van der Waals surface area (Å²) in [5, 5.41) is 5.49. The number of rotatable bonds is 6. The van der Waals surface area contributed by atoms with E-state index in [2.05, 4.69) is 15.6 Å². The van der Waals surface area contributed by atoms with E-state index in [-0.39, 0.29) is 36.9 Å². The Bertz CT molecular complexity index is 875. The molecular formula is C20H22F2N4O2. The summed E-state index contributed by atoms with van der Waals surface area (Å²) in [7, 11) is 0. The van der Waals surface area contributed by atoms with Crippen LogP contribution in [0, 0.1) is 18.6 Å². The molecule has 1 unspecified atom stereocenters. The molecule has 0 radical (unpaired) electrons. The van der Waals surface area contributed by atoms with Gasteiger partial charge in [0.05, 0.1) is 24.7 Å². The molecule has 2 heterocycles. The van der Waals surface area contributed by atoms with Gasteiger partial charge in [-0.25, -0.2) is 8.78 Å². The van der Waals surface area contributed by atoms with Gasteiger partial charge in [0, 0.05) is 31.4 Å². The highest BCUT2D eigenvalue weighted by molar-refractivity contribution is 5.88. The minimum Gasteiger partial charge on any atom is -0.353 e. The van der Waals surface area contributed by atoms with Gasteiger partial charge in [-0.05, 0) is 24.6 Å². The lowest BCUT2D eigenvalue weighted by atomic mass is 10.1. The second kappa shape index (κ2) is 8.88. The van der Waals surface area contributed by atoms with Crippen molar-refractivity contribution in [2.24, 2.45) is 0 Å². The number of amides is 2. The van der Waals surface area contributed by atoms with E-state index >= 15 is 0 Å². The molecule has 1 fully saturated rings. The molecule has 2 amide bonds. The van der Waals surface area contributed by atoms with Crippen LogP contribution < -0.4 is 10.6 Å². The number of halogens is 2. The van der Waals surface area contributed by atoms with Crippen LogP contribution >= 0.6 is 0 Å². The highest BCUT2D eigenvalue weighted by Crippen LogP contribution is 2.18. The van der Waals surface area contributed by atoms with Gasteiger partial charge in [-0.1, -0.05) is 18.2 Å². The van der Waals surface area contributed by atoms with Gasteiger partial charge in [0.15, 0.2) is 11.6 Å². The van der Waals surface area contributed by atoms with Gasteiger partial charge < -0.3 is 10.6 Å². The summed E-state index contributed by atoms with van der Waals surface area (Å²) in [6.07, 6.45) is 1.58. The molecule has 0 aliphatic carbocycles. The molecule has 1 aromatic carbocycles. The minimum atomic E-state index is -0.931. The number of aromatic nitrogens is 1. The molecule has 2 aromatic rings. The summed E-state index contributed by atoms with van der Waals surface area (Å²) in [6, 6.07) is 6.92. The topological polar surface area (TPSA) is 74.3 Å². The Kier molecular flexibility index (Phi) is 6.30. The van der Waals surface area contributed by atoms with E-state index in [0.29, 0.717) is 13.1 Å². The lowest BCUT2D eigenvalue weighted by Crippen LogP contribution is -2.56.